The van der Waals surface area contributed by atoms with Gasteiger partial charge in [-0.3, -0.25) is 25.1 Å². The van der Waals surface area contributed by atoms with Crippen molar-refractivity contribution >= 4 is 22.9 Å². The fraction of sp³-hybridized carbons (Fsp3) is 0.0909. The van der Waals surface area contributed by atoms with Crippen LogP contribution in [0.15, 0.2) is 35.4 Å². The first-order valence-corrected chi connectivity index (χ1v) is 6.27. The molecule has 0 fully saturated rings. The maximum Gasteiger partial charge on any atom is 0.332 e. The normalized spacial score (nSPS) is 10.2. The first kappa shape index (κ1) is 13.9. The number of hydrogen-bond acceptors (Lipinski definition) is 6. The Balaban J connectivity index is 2.24. The zero-order valence-electron chi connectivity index (χ0n) is 10.1. The van der Waals surface area contributed by atoms with Gasteiger partial charge >= 0.3 is 5.69 Å². The number of nitrogens with two attached hydrogens (primary N) is 1. The van der Waals surface area contributed by atoms with E-state index < -0.39 is 21.9 Å². The second-order valence-electron chi connectivity index (χ2n) is 3.86. The molecule has 0 aliphatic heterocycles. The molecule has 0 aliphatic rings. The third kappa shape index (κ3) is 2.90. The van der Waals surface area contributed by atoms with Crippen molar-refractivity contribution in [2.75, 3.05) is 0 Å². The van der Waals surface area contributed by atoms with Gasteiger partial charge < -0.3 is 4.57 Å². The highest BCUT2D eigenvalue weighted by Crippen LogP contribution is 2.17. The topological polar surface area (TPSA) is 120 Å². The van der Waals surface area contributed by atoms with Crippen molar-refractivity contribution in [3.8, 4) is 0 Å². The lowest BCUT2D eigenvalue weighted by atomic mass is 10.3. The molecule has 0 radical (unpaired) electrons. The predicted octanol–water partition coefficient (Wildman–Crippen LogP) is 0.470. The average Bonchev–Trinajstić information content (AvgIpc) is 2.88. The van der Waals surface area contributed by atoms with Gasteiger partial charge in [0.2, 0.25) is 0 Å². The molecule has 0 spiro atoms. The minimum atomic E-state index is -0.722. The van der Waals surface area contributed by atoms with Crippen LogP contribution < -0.4 is 16.7 Å². The number of nitro groups is 1. The Kier molecular flexibility index (Phi) is 3.91. The van der Waals surface area contributed by atoms with Gasteiger partial charge in [0.15, 0.2) is 0 Å². The lowest BCUT2D eigenvalue weighted by Gasteiger charge is -2.03. The summed E-state index contributed by atoms with van der Waals surface area (Å²) in [5.74, 6) is 4.63. The quantitative estimate of drug-likeness (QED) is 0.367. The molecular weight excluding hydrogens is 284 g/mol. The molecule has 20 heavy (non-hydrogen) atoms. The lowest BCUT2D eigenvalue weighted by molar-refractivity contribution is -0.386. The van der Waals surface area contributed by atoms with Crippen LogP contribution in [0.2, 0.25) is 0 Å². The Morgan fingerprint density at radius 2 is 2.20 bits per heavy atom. The molecule has 3 N–H and O–H groups in total. The van der Waals surface area contributed by atoms with Gasteiger partial charge in [-0.25, -0.2) is 5.84 Å². The maximum absolute atomic E-state index is 11.3. The van der Waals surface area contributed by atoms with Crippen molar-refractivity contribution in [1.82, 2.24) is 9.99 Å². The molecule has 2 aromatic rings. The van der Waals surface area contributed by atoms with E-state index in [9.17, 15) is 19.7 Å². The minimum Gasteiger partial charge on any atom is -0.343 e. The molecule has 0 aliphatic carbocycles. The summed E-state index contributed by atoms with van der Waals surface area (Å²) in [7, 11) is 0. The van der Waals surface area contributed by atoms with E-state index in [1.807, 2.05) is 5.43 Å². The number of hydrogen-bond donors (Lipinski definition) is 2. The van der Waals surface area contributed by atoms with Crippen molar-refractivity contribution in [1.29, 1.82) is 0 Å². The van der Waals surface area contributed by atoms with Crippen LogP contribution in [-0.2, 0) is 6.54 Å². The first-order valence-electron chi connectivity index (χ1n) is 5.45. The molecule has 1 amide bonds. The van der Waals surface area contributed by atoms with Gasteiger partial charge in [0, 0.05) is 17.1 Å². The summed E-state index contributed by atoms with van der Waals surface area (Å²) in [6.07, 6.45) is 2.63. The smallest absolute Gasteiger partial charge is 0.332 e. The fourth-order valence-electron chi connectivity index (χ4n) is 1.58. The molecule has 0 unspecified atom stereocenters. The van der Waals surface area contributed by atoms with Crippen LogP contribution in [-0.4, -0.2) is 15.4 Å². The van der Waals surface area contributed by atoms with E-state index in [0.29, 0.717) is 11.4 Å². The SMILES string of the molecule is NNC(=O)c1ccc(Cn2ccc(=O)c([N+](=O)[O-])c2)s1. The molecule has 8 nitrogen and oxygen atoms in total. The number of carbonyl (C=O) groups is 1. The number of hydrazine groups is 1. The first-order chi connectivity index (χ1) is 9.51. The number of nitrogens with zero attached hydrogens (tertiary/aromatic N) is 2. The van der Waals surface area contributed by atoms with E-state index in [-0.39, 0.29) is 0 Å². The van der Waals surface area contributed by atoms with E-state index in [0.717, 1.165) is 10.9 Å². The Labute approximate surface area is 116 Å². The molecule has 2 aromatic heterocycles. The van der Waals surface area contributed by atoms with Gasteiger partial charge in [0.1, 0.15) is 0 Å². The Hall–Kier alpha value is -2.52. The van der Waals surface area contributed by atoms with Crippen LogP contribution >= 0.6 is 11.3 Å². The van der Waals surface area contributed by atoms with E-state index in [1.54, 1.807) is 12.1 Å². The zero-order valence-corrected chi connectivity index (χ0v) is 10.9. The second-order valence-corrected chi connectivity index (χ2v) is 5.03. The molecule has 0 atom stereocenters. The zero-order chi connectivity index (χ0) is 14.7. The van der Waals surface area contributed by atoms with E-state index in [2.05, 4.69) is 0 Å². The van der Waals surface area contributed by atoms with E-state index in [4.69, 9.17) is 5.84 Å². The highest BCUT2D eigenvalue weighted by Gasteiger charge is 2.12. The van der Waals surface area contributed by atoms with Crippen molar-refractivity contribution in [2.45, 2.75) is 6.54 Å². The molecule has 0 saturated heterocycles. The third-order valence-electron chi connectivity index (χ3n) is 2.51. The van der Waals surface area contributed by atoms with Gasteiger partial charge in [-0.2, -0.15) is 0 Å². The fourth-order valence-corrected chi connectivity index (χ4v) is 2.50. The third-order valence-corrected chi connectivity index (χ3v) is 3.58. The number of nitrogens with one attached hydrogen (secondary N) is 1. The number of amides is 1. The van der Waals surface area contributed by atoms with Gasteiger partial charge in [0.05, 0.1) is 22.5 Å². The summed E-state index contributed by atoms with van der Waals surface area (Å²) in [6.45, 7) is 0.323. The van der Waals surface area contributed by atoms with Crippen LogP contribution in [0.4, 0.5) is 5.69 Å². The summed E-state index contributed by atoms with van der Waals surface area (Å²) >= 11 is 1.22. The number of pyridine rings is 1. The molecule has 0 bridgehead atoms. The van der Waals surface area contributed by atoms with Crippen LogP contribution in [0, 0.1) is 10.1 Å². The molecule has 0 saturated carbocycles. The van der Waals surface area contributed by atoms with Crippen molar-refractivity contribution in [2.24, 2.45) is 5.84 Å². The molecule has 0 aromatic carbocycles. The number of nitrogen functional groups attached to an aromatic ring is 1. The number of carbonyl (C=O) groups excluding carboxylic acids is 1. The van der Waals surface area contributed by atoms with Gasteiger partial charge in [-0.1, -0.05) is 0 Å². The van der Waals surface area contributed by atoms with Gasteiger partial charge in [0.25, 0.3) is 11.3 Å². The lowest BCUT2D eigenvalue weighted by Crippen LogP contribution is -2.29. The van der Waals surface area contributed by atoms with Crippen molar-refractivity contribution < 1.29 is 9.72 Å². The Bertz CT molecular complexity index is 721. The molecule has 2 heterocycles. The van der Waals surface area contributed by atoms with Crippen LogP contribution in [0.25, 0.3) is 0 Å². The summed E-state index contributed by atoms with van der Waals surface area (Å²) in [5.41, 5.74) is 0.903. The number of rotatable bonds is 4. The number of thiophene rings is 1. The average molecular weight is 294 g/mol. The largest absolute Gasteiger partial charge is 0.343 e. The van der Waals surface area contributed by atoms with Gasteiger partial charge in [-0.15, -0.1) is 11.3 Å². The summed E-state index contributed by atoms with van der Waals surface area (Å²) in [5, 5.41) is 10.7. The summed E-state index contributed by atoms with van der Waals surface area (Å²) < 4.78 is 1.51. The standard InChI is InChI=1S/C11H10N4O4S/c12-13-11(17)10-2-1-7(20-10)5-14-4-3-9(16)8(6-14)15(18)19/h1-4,6H,5,12H2,(H,13,17). The number of aromatic nitrogens is 1. The van der Waals surface area contributed by atoms with Crippen molar-refractivity contribution in [3.63, 3.8) is 0 Å². The summed E-state index contributed by atoms with van der Waals surface area (Å²) in [6, 6.07) is 4.47. The monoisotopic (exact) mass is 294 g/mol. The predicted molar refractivity (Wildman–Crippen MR) is 72.4 cm³/mol. The molecule has 104 valence electrons. The highest BCUT2D eigenvalue weighted by atomic mass is 32.1. The second kappa shape index (κ2) is 5.63. The van der Waals surface area contributed by atoms with E-state index in [1.165, 1.54) is 28.3 Å². The Morgan fingerprint density at radius 3 is 2.85 bits per heavy atom. The minimum absolute atomic E-state index is 0.323. The van der Waals surface area contributed by atoms with E-state index >= 15 is 0 Å². The van der Waals surface area contributed by atoms with Gasteiger partial charge in [-0.05, 0) is 12.1 Å². The summed E-state index contributed by atoms with van der Waals surface area (Å²) in [4.78, 5) is 33.8. The highest BCUT2D eigenvalue weighted by molar-refractivity contribution is 7.14. The molecule has 2 rings (SSSR count). The molecule has 9 heteroatoms. The maximum atomic E-state index is 11.3. The van der Waals surface area contributed by atoms with Crippen LogP contribution in [0.5, 0.6) is 0 Å². The van der Waals surface area contributed by atoms with Crippen LogP contribution in [0.1, 0.15) is 14.5 Å². The van der Waals surface area contributed by atoms with Crippen LogP contribution in [0.3, 0.4) is 0 Å². The molecular formula is C11H10N4O4S. The van der Waals surface area contributed by atoms with Crippen molar-refractivity contribution in [3.05, 3.63) is 60.7 Å². The Morgan fingerprint density at radius 1 is 1.45 bits per heavy atom.